The first-order valence-electron chi connectivity index (χ1n) is 17.2. The van der Waals surface area contributed by atoms with Gasteiger partial charge in [0.15, 0.2) is 0 Å². The molecular formula is C40H50Cl2N4O3. The number of carbonyl (C=O) groups excluding carboxylic acids is 2. The second-order valence-corrected chi connectivity index (χ2v) is 13.7. The van der Waals surface area contributed by atoms with Crippen molar-refractivity contribution in [2.24, 2.45) is 4.99 Å². The molecule has 3 aromatic rings. The van der Waals surface area contributed by atoms with Crippen LogP contribution in [0.5, 0.6) is 0 Å². The number of nitrogens with one attached hydrogen (secondary N) is 1. The molecule has 0 heterocycles. The normalized spacial score (nSPS) is 11.3. The number of hydrogen-bond donors (Lipinski definition) is 1. The van der Waals surface area contributed by atoms with E-state index in [2.05, 4.69) is 18.3 Å². The smallest absolute Gasteiger partial charge is 0.339 e. The third kappa shape index (κ3) is 11.1. The van der Waals surface area contributed by atoms with Crippen LogP contribution >= 0.6 is 23.2 Å². The zero-order chi connectivity index (χ0) is 36.1. The van der Waals surface area contributed by atoms with Crippen molar-refractivity contribution < 1.29 is 14.3 Å². The van der Waals surface area contributed by atoms with Gasteiger partial charge in [-0.05, 0) is 86.7 Å². The Morgan fingerprint density at radius 1 is 0.837 bits per heavy atom. The van der Waals surface area contributed by atoms with Crippen molar-refractivity contribution in [1.29, 1.82) is 5.26 Å². The first-order chi connectivity index (χ1) is 23.4. The Morgan fingerprint density at radius 3 is 2.06 bits per heavy atom. The van der Waals surface area contributed by atoms with E-state index >= 15 is 0 Å². The number of esters is 1. The van der Waals surface area contributed by atoms with Crippen molar-refractivity contribution in [2.45, 2.75) is 98.8 Å². The van der Waals surface area contributed by atoms with Crippen LogP contribution < -0.4 is 10.2 Å². The highest BCUT2D eigenvalue weighted by Gasteiger charge is 2.24. The number of nitriles is 1. The van der Waals surface area contributed by atoms with Crippen molar-refractivity contribution in [1.82, 2.24) is 0 Å². The molecule has 0 aliphatic heterocycles. The Kier molecular flexibility index (Phi) is 15.6. The first-order valence-corrected chi connectivity index (χ1v) is 18.0. The highest BCUT2D eigenvalue weighted by molar-refractivity contribution is 6.50. The molecule has 0 bridgehead atoms. The molecule has 0 spiro atoms. The Hall–Kier alpha value is -3.86. The minimum Gasteiger partial charge on any atom is -0.462 e. The van der Waals surface area contributed by atoms with Gasteiger partial charge in [-0.15, -0.1) is 0 Å². The molecule has 0 radical (unpaired) electrons. The summed E-state index contributed by atoms with van der Waals surface area (Å²) >= 11 is 13.0. The fraction of sp³-hybridized carbons (Fsp3) is 0.450. The number of hydrogen-bond acceptors (Lipinski definition) is 6. The standard InChI is InChI=1S/C40H50Cl2N4O3/c1-8-9-10-11-12-13-14-15-16-17-20-49-40(48)31-23-36(34(42)24-33(31)41)45-39(47)38(37-28(4)21-26(2)32(25-43)29(37)5)44-35-19-18-30(46(6)7)22-27(35)3/h18-19,21-24H,8-17,20H2,1-7H3,(H,45,47). The number of ether oxygens (including phenoxy) is 1. The van der Waals surface area contributed by atoms with Crippen molar-refractivity contribution in [3.63, 3.8) is 0 Å². The molecule has 0 saturated carbocycles. The summed E-state index contributed by atoms with van der Waals surface area (Å²) in [5, 5.41) is 13.1. The number of aliphatic imine (C=N–C) groups is 1. The number of anilines is 2. The van der Waals surface area contributed by atoms with E-state index in [0.29, 0.717) is 22.4 Å². The average molecular weight is 706 g/mol. The van der Waals surface area contributed by atoms with E-state index in [1.54, 1.807) is 0 Å². The minimum absolute atomic E-state index is 0.108. The van der Waals surface area contributed by atoms with E-state index in [4.69, 9.17) is 32.9 Å². The molecule has 0 aromatic heterocycles. The summed E-state index contributed by atoms with van der Waals surface area (Å²) in [6.45, 7) is 10.0. The van der Waals surface area contributed by atoms with Gasteiger partial charge in [-0.1, -0.05) is 94.0 Å². The van der Waals surface area contributed by atoms with Gasteiger partial charge in [0.1, 0.15) is 5.71 Å². The molecule has 3 rings (SSSR count). The van der Waals surface area contributed by atoms with E-state index in [-0.39, 0.29) is 33.6 Å². The molecule has 0 aliphatic rings. The van der Waals surface area contributed by atoms with Gasteiger partial charge >= 0.3 is 5.97 Å². The SMILES string of the molecule is CCCCCCCCCCCCOC(=O)c1cc(NC(=O)C(=Nc2ccc(N(C)C)cc2C)c2c(C)cc(C)c(C#N)c2C)c(Cl)cc1Cl. The maximum absolute atomic E-state index is 14.2. The predicted octanol–water partition coefficient (Wildman–Crippen LogP) is 11.0. The van der Waals surface area contributed by atoms with Gasteiger partial charge in [-0.3, -0.25) is 4.79 Å². The Balaban J connectivity index is 1.83. The van der Waals surface area contributed by atoms with Crippen LogP contribution in [0.3, 0.4) is 0 Å². The zero-order valence-electron chi connectivity index (χ0n) is 30.1. The molecule has 1 amide bonds. The molecule has 0 aliphatic carbocycles. The molecule has 7 nitrogen and oxygen atoms in total. The molecule has 0 saturated heterocycles. The number of halogens is 2. The number of rotatable bonds is 17. The number of carbonyl (C=O) groups is 2. The topological polar surface area (TPSA) is 94.8 Å². The van der Waals surface area contributed by atoms with Gasteiger partial charge < -0.3 is 15.0 Å². The van der Waals surface area contributed by atoms with Gasteiger partial charge in [-0.2, -0.15) is 5.26 Å². The number of benzene rings is 3. The van der Waals surface area contributed by atoms with E-state index in [0.717, 1.165) is 41.6 Å². The summed E-state index contributed by atoms with van der Waals surface area (Å²) in [5.74, 6) is -1.13. The van der Waals surface area contributed by atoms with Gasteiger partial charge in [-0.25, -0.2) is 9.79 Å². The maximum Gasteiger partial charge on any atom is 0.339 e. The van der Waals surface area contributed by atoms with Gasteiger partial charge in [0.25, 0.3) is 5.91 Å². The summed E-state index contributed by atoms with van der Waals surface area (Å²) < 4.78 is 5.55. The summed E-state index contributed by atoms with van der Waals surface area (Å²) in [6, 6.07) is 12.8. The number of aryl methyl sites for hydroxylation is 3. The van der Waals surface area contributed by atoms with Gasteiger partial charge in [0, 0.05) is 25.3 Å². The van der Waals surface area contributed by atoms with Crippen molar-refractivity contribution in [3.8, 4) is 6.07 Å². The summed E-state index contributed by atoms with van der Waals surface area (Å²) in [4.78, 5) is 34.1. The molecule has 49 heavy (non-hydrogen) atoms. The lowest BCUT2D eigenvalue weighted by molar-refractivity contribution is -0.110. The zero-order valence-corrected chi connectivity index (χ0v) is 31.6. The lowest BCUT2D eigenvalue weighted by atomic mass is 9.91. The van der Waals surface area contributed by atoms with Crippen molar-refractivity contribution in [2.75, 3.05) is 30.9 Å². The lowest BCUT2D eigenvalue weighted by Gasteiger charge is -2.18. The predicted molar refractivity (Wildman–Crippen MR) is 204 cm³/mol. The van der Waals surface area contributed by atoms with Gasteiger partial charge in [0.05, 0.1) is 45.2 Å². The van der Waals surface area contributed by atoms with Crippen LogP contribution in [0, 0.1) is 39.0 Å². The Morgan fingerprint density at radius 2 is 1.47 bits per heavy atom. The van der Waals surface area contributed by atoms with Crippen LogP contribution in [0.1, 0.15) is 115 Å². The summed E-state index contributed by atoms with van der Waals surface area (Å²) in [7, 11) is 3.91. The molecular weight excluding hydrogens is 655 g/mol. The number of unbranched alkanes of at least 4 members (excludes halogenated alkanes) is 9. The first kappa shape index (κ1) is 39.6. The van der Waals surface area contributed by atoms with Crippen LogP contribution in [0.25, 0.3) is 0 Å². The third-order valence-corrected chi connectivity index (χ3v) is 9.35. The molecule has 0 fully saturated rings. The molecule has 9 heteroatoms. The average Bonchev–Trinajstić information content (AvgIpc) is 3.04. The van der Waals surface area contributed by atoms with Crippen molar-refractivity contribution >= 4 is 57.9 Å². The summed E-state index contributed by atoms with van der Waals surface area (Å²) in [5.41, 5.74) is 6.18. The highest BCUT2D eigenvalue weighted by atomic mass is 35.5. The minimum atomic E-state index is -0.581. The maximum atomic E-state index is 14.2. The van der Waals surface area contributed by atoms with E-state index in [9.17, 15) is 14.9 Å². The quantitative estimate of drug-likeness (QED) is 0.0857. The summed E-state index contributed by atoms with van der Waals surface area (Å²) in [6.07, 6.45) is 11.8. The Bertz CT molecular complexity index is 1710. The highest BCUT2D eigenvalue weighted by Crippen LogP contribution is 2.32. The molecule has 3 aromatic carbocycles. The number of amides is 1. The third-order valence-electron chi connectivity index (χ3n) is 8.72. The van der Waals surface area contributed by atoms with E-state index in [1.807, 2.05) is 71.0 Å². The second kappa shape index (κ2) is 19.4. The van der Waals surface area contributed by atoms with Gasteiger partial charge in [0.2, 0.25) is 0 Å². The second-order valence-electron chi connectivity index (χ2n) is 12.9. The lowest BCUT2D eigenvalue weighted by Crippen LogP contribution is -2.26. The Labute approximate surface area is 302 Å². The fourth-order valence-electron chi connectivity index (χ4n) is 5.92. The fourth-order valence-corrected chi connectivity index (χ4v) is 6.43. The van der Waals surface area contributed by atoms with Crippen molar-refractivity contribution in [3.05, 3.63) is 85.4 Å². The monoisotopic (exact) mass is 704 g/mol. The largest absolute Gasteiger partial charge is 0.462 e. The molecule has 262 valence electrons. The van der Waals surface area contributed by atoms with E-state index in [1.165, 1.54) is 57.1 Å². The molecule has 0 atom stereocenters. The van der Waals surface area contributed by atoms with Crippen LogP contribution in [0.15, 0.2) is 41.4 Å². The molecule has 0 unspecified atom stereocenters. The molecule has 1 N–H and O–H groups in total. The van der Waals surface area contributed by atoms with Crippen LogP contribution in [-0.4, -0.2) is 38.3 Å². The van der Waals surface area contributed by atoms with Crippen LogP contribution in [-0.2, 0) is 9.53 Å². The van der Waals surface area contributed by atoms with E-state index < -0.39 is 11.9 Å². The van der Waals surface area contributed by atoms with Crippen LogP contribution in [0.4, 0.5) is 17.1 Å². The number of nitrogens with zero attached hydrogens (tertiary/aromatic N) is 3. The van der Waals surface area contributed by atoms with Crippen LogP contribution in [0.2, 0.25) is 10.0 Å².